The number of hydrogen-bond donors (Lipinski definition) is 1. The van der Waals surface area contributed by atoms with Crippen LogP contribution in [-0.2, 0) is 34.5 Å². The molecule has 1 N–H and O–H groups in total. The maximum atomic E-state index is 11.6. The molecule has 0 atom stereocenters. The summed E-state index contributed by atoms with van der Waals surface area (Å²) in [5.74, 6) is 0.324. The first kappa shape index (κ1) is 22.2. The Balaban J connectivity index is 2.12. The smallest absolute Gasteiger partial charge is 0.353 e. The van der Waals surface area contributed by atoms with E-state index in [4.69, 9.17) is 14.2 Å². The first-order valence-electron chi connectivity index (χ1n) is 9.37. The highest BCUT2D eigenvalue weighted by Crippen LogP contribution is 2.20. The minimum Gasteiger partial charge on any atom is -0.497 e. The van der Waals surface area contributed by atoms with Crippen molar-refractivity contribution in [1.29, 1.82) is 0 Å². The average molecular weight is 399 g/mol. The Labute approximate surface area is 172 Å². The van der Waals surface area contributed by atoms with Gasteiger partial charge in [-0.2, -0.15) is 5.10 Å². The number of ether oxygens (including phenoxy) is 3. The van der Waals surface area contributed by atoms with Crippen LogP contribution in [0.5, 0.6) is 5.75 Å². The Morgan fingerprint density at radius 1 is 1.24 bits per heavy atom. The lowest BCUT2D eigenvalue weighted by Crippen LogP contribution is -2.19. The number of rotatable bonds is 10. The summed E-state index contributed by atoms with van der Waals surface area (Å²) in [6, 6.07) is 7.76. The van der Waals surface area contributed by atoms with Crippen LogP contribution in [0.25, 0.3) is 6.08 Å². The number of nitrogens with zero attached hydrogens (tertiary/aromatic N) is 2. The van der Waals surface area contributed by atoms with Gasteiger partial charge in [0.2, 0.25) is 0 Å². The van der Waals surface area contributed by atoms with Crippen molar-refractivity contribution in [1.82, 2.24) is 15.1 Å². The Morgan fingerprint density at radius 3 is 2.52 bits per heavy atom. The highest BCUT2D eigenvalue weighted by molar-refractivity contribution is 5.87. The van der Waals surface area contributed by atoms with Crippen LogP contribution in [0.15, 0.2) is 42.2 Å². The molecule has 0 aliphatic rings. The molecular weight excluding hydrogens is 370 g/mol. The maximum Gasteiger partial charge on any atom is 0.353 e. The van der Waals surface area contributed by atoms with Crippen molar-refractivity contribution in [2.24, 2.45) is 7.05 Å². The van der Waals surface area contributed by atoms with Crippen LogP contribution in [0.4, 0.5) is 0 Å². The molecule has 2 rings (SSSR count). The number of nitrogens with one attached hydrogen (secondary N) is 1. The second-order valence-corrected chi connectivity index (χ2v) is 6.53. The van der Waals surface area contributed by atoms with Crippen LogP contribution >= 0.6 is 0 Å². The van der Waals surface area contributed by atoms with Crippen molar-refractivity contribution in [3.05, 3.63) is 64.8 Å². The quantitative estimate of drug-likeness (QED) is 0.487. The maximum absolute atomic E-state index is 11.6. The molecule has 1 aromatic carbocycles. The number of carbonyl (C=O) groups is 1. The molecule has 0 radical (unpaired) electrons. The van der Waals surface area contributed by atoms with E-state index < -0.39 is 5.97 Å². The molecule has 0 unspecified atom stereocenters. The molecule has 0 spiro atoms. The monoisotopic (exact) mass is 399 g/mol. The van der Waals surface area contributed by atoms with Crippen LogP contribution in [-0.4, -0.2) is 30.0 Å². The van der Waals surface area contributed by atoms with E-state index in [2.05, 4.69) is 17.0 Å². The van der Waals surface area contributed by atoms with Gasteiger partial charge in [-0.15, -0.1) is 0 Å². The predicted molar refractivity (Wildman–Crippen MR) is 112 cm³/mol. The third-order valence-electron chi connectivity index (χ3n) is 4.57. The first-order valence-corrected chi connectivity index (χ1v) is 9.37. The van der Waals surface area contributed by atoms with Gasteiger partial charge in [0.05, 0.1) is 33.1 Å². The molecule has 29 heavy (non-hydrogen) atoms. The van der Waals surface area contributed by atoms with Crippen molar-refractivity contribution in [3.8, 4) is 5.75 Å². The summed E-state index contributed by atoms with van der Waals surface area (Å²) in [6.07, 6.45) is 2.67. The van der Waals surface area contributed by atoms with Crippen LogP contribution in [0, 0.1) is 6.92 Å². The molecular formula is C22H29N3O4. The summed E-state index contributed by atoms with van der Waals surface area (Å²) in [6.45, 7) is 8.55. The lowest BCUT2D eigenvalue weighted by molar-refractivity contribution is -0.136. The Hall–Kier alpha value is -3.06. The number of aromatic nitrogens is 2. The third-order valence-corrected chi connectivity index (χ3v) is 4.57. The fourth-order valence-corrected chi connectivity index (χ4v) is 2.74. The van der Waals surface area contributed by atoms with Gasteiger partial charge in [-0.05, 0) is 37.1 Å². The van der Waals surface area contributed by atoms with E-state index in [1.165, 1.54) is 7.11 Å². The normalized spacial score (nSPS) is 11.3. The minimum atomic E-state index is -0.490. The van der Waals surface area contributed by atoms with E-state index in [0.29, 0.717) is 19.6 Å². The van der Waals surface area contributed by atoms with Gasteiger partial charge in [-0.3, -0.25) is 4.68 Å². The summed E-state index contributed by atoms with van der Waals surface area (Å²) in [5.41, 5.74) is 4.89. The van der Waals surface area contributed by atoms with E-state index in [1.807, 2.05) is 55.9 Å². The number of hydrogen-bond acceptors (Lipinski definition) is 6. The molecule has 0 aliphatic heterocycles. The van der Waals surface area contributed by atoms with Gasteiger partial charge in [0.15, 0.2) is 0 Å². The van der Waals surface area contributed by atoms with Crippen LogP contribution in [0.3, 0.4) is 0 Å². The highest BCUT2D eigenvalue weighted by Gasteiger charge is 2.14. The van der Waals surface area contributed by atoms with Crippen LogP contribution in [0.2, 0.25) is 0 Å². The third kappa shape index (κ3) is 5.96. The second-order valence-electron chi connectivity index (χ2n) is 6.53. The van der Waals surface area contributed by atoms with E-state index in [-0.39, 0.29) is 5.70 Å². The lowest BCUT2D eigenvalue weighted by Gasteiger charge is -2.11. The largest absolute Gasteiger partial charge is 0.497 e. The summed E-state index contributed by atoms with van der Waals surface area (Å²) in [7, 11) is 4.87. The van der Waals surface area contributed by atoms with Crippen LogP contribution in [0.1, 0.15) is 35.9 Å². The van der Waals surface area contributed by atoms with E-state index in [9.17, 15) is 4.79 Å². The minimum absolute atomic E-state index is 0.194. The topological polar surface area (TPSA) is 74.6 Å². The Morgan fingerprint density at radius 2 is 1.93 bits per heavy atom. The molecule has 0 saturated heterocycles. The molecule has 156 valence electrons. The Kier molecular flexibility index (Phi) is 8.03. The van der Waals surface area contributed by atoms with E-state index >= 15 is 0 Å². The Bertz CT molecular complexity index is 882. The van der Waals surface area contributed by atoms with E-state index in [0.717, 1.165) is 34.0 Å². The molecule has 2 aromatic rings. The molecule has 7 nitrogen and oxygen atoms in total. The summed E-state index contributed by atoms with van der Waals surface area (Å²) >= 11 is 0. The number of carbonyl (C=O) groups excluding carboxylic acids is 1. The summed E-state index contributed by atoms with van der Waals surface area (Å²) in [5, 5.41) is 7.60. The number of methoxy groups -OCH3 is 2. The molecule has 0 aliphatic carbocycles. The molecule has 1 aromatic heterocycles. The average Bonchev–Trinajstić information content (AvgIpc) is 3.00. The van der Waals surface area contributed by atoms with Crippen molar-refractivity contribution < 1.29 is 19.0 Å². The zero-order valence-corrected chi connectivity index (χ0v) is 17.7. The van der Waals surface area contributed by atoms with Gasteiger partial charge in [-0.1, -0.05) is 25.6 Å². The molecule has 0 amide bonds. The van der Waals surface area contributed by atoms with Gasteiger partial charge in [0.1, 0.15) is 11.4 Å². The number of benzene rings is 1. The number of allylic oxidation sites excluding steroid dienone is 1. The standard InChI is InChI=1S/C22H29N3O4/c1-7-18(23-15(2)22(26)28-6)12-20-16(3)25(4)24-21(20)14-29-13-17-8-10-19(27-5)11-9-17/h8-12,23H,2,7,13-14H2,1,3-6H3/b18-12-. The van der Waals surface area contributed by atoms with Gasteiger partial charge in [-0.25, -0.2) is 4.79 Å². The molecule has 1 heterocycles. The summed E-state index contributed by atoms with van der Waals surface area (Å²) < 4.78 is 17.6. The van der Waals surface area contributed by atoms with Gasteiger partial charge >= 0.3 is 5.97 Å². The number of esters is 1. The zero-order valence-electron chi connectivity index (χ0n) is 17.7. The van der Waals surface area contributed by atoms with Gasteiger partial charge < -0.3 is 19.5 Å². The van der Waals surface area contributed by atoms with Crippen molar-refractivity contribution in [2.75, 3.05) is 14.2 Å². The molecule has 0 fully saturated rings. The number of aryl methyl sites for hydroxylation is 1. The SMILES string of the molecule is C=C(N/C(=C\c1c(COCc2ccc(OC)cc2)nn(C)c1C)CC)C(=O)OC. The van der Waals surface area contributed by atoms with Crippen molar-refractivity contribution >= 4 is 12.0 Å². The fourth-order valence-electron chi connectivity index (χ4n) is 2.74. The fraction of sp³-hybridized carbons (Fsp3) is 0.364. The molecule has 7 heteroatoms. The van der Waals surface area contributed by atoms with Gasteiger partial charge in [0, 0.05) is 24.0 Å². The molecule has 0 bridgehead atoms. The van der Waals surface area contributed by atoms with Crippen LogP contribution < -0.4 is 10.1 Å². The van der Waals surface area contributed by atoms with Crippen molar-refractivity contribution in [2.45, 2.75) is 33.5 Å². The van der Waals surface area contributed by atoms with Gasteiger partial charge in [0.25, 0.3) is 0 Å². The first-order chi connectivity index (χ1) is 13.9. The summed E-state index contributed by atoms with van der Waals surface area (Å²) in [4.78, 5) is 11.6. The second kappa shape index (κ2) is 10.5. The van der Waals surface area contributed by atoms with Crippen molar-refractivity contribution in [3.63, 3.8) is 0 Å². The molecule has 0 saturated carbocycles. The highest BCUT2D eigenvalue weighted by atomic mass is 16.5. The lowest BCUT2D eigenvalue weighted by atomic mass is 10.1. The van der Waals surface area contributed by atoms with E-state index in [1.54, 1.807) is 7.11 Å². The zero-order chi connectivity index (χ0) is 21.4. The predicted octanol–water partition coefficient (Wildman–Crippen LogP) is 3.48.